The molecule has 0 aromatic rings. The number of aliphatic carboxylic acids is 5. The predicted molar refractivity (Wildman–Crippen MR) is 76.6 cm³/mol. The molecule has 0 aromatic heterocycles. The summed E-state index contributed by atoms with van der Waals surface area (Å²) in [6, 6.07) is 0. The molecule has 0 aliphatic rings. The third-order valence-electron chi connectivity index (χ3n) is 3.23. The van der Waals surface area contributed by atoms with Crippen molar-refractivity contribution in [2.24, 2.45) is 0 Å². The van der Waals surface area contributed by atoms with Crippen LogP contribution in [0, 0.1) is 0 Å². The minimum atomic E-state index is -1.54. The van der Waals surface area contributed by atoms with Crippen LogP contribution in [0.1, 0.15) is 2.85 Å². The van der Waals surface area contributed by atoms with Crippen molar-refractivity contribution in [3.63, 3.8) is 0 Å². The smallest absolute Gasteiger partial charge is 0.549 e. The van der Waals surface area contributed by atoms with Crippen molar-refractivity contribution >= 4 is 29.8 Å². The van der Waals surface area contributed by atoms with Crippen LogP contribution in [0.5, 0.6) is 0 Å². The average Bonchev–Trinajstić information content (AvgIpc) is 2.46. The third kappa shape index (κ3) is 22.9. The van der Waals surface area contributed by atoms with E-state index in [1.807, 2.05) is 0 Å². The van der Waals surface area contributed by atoms with E-state index in [4.69, 9.17) is 0 Å². The van der Waals surface area contributed by atoms with Crippen molar-refractivity contribution in [2.45, 2.75) is 0 Å². The van der Waals surface area contributed by atoms with Gasteiger partial charge in [-0.3, -0.25) is 14.7 Å². The van der Waals surface area contributed by atoms with Gasteiger partial charge in [-0.05, 0) is 0 Å². The van der Waals surface area contributed by atoms with E-state index in [0.717, 1.165) is 9.80 Å². The van der Waals surface area contributed by atoms with Gasteiger partial charge in [0.1, 0.15) is 0 Å². The zero-order chi connectivity index (χ0) is 21.0. The normalized spacial score (nSPS) is 9.97. The monoisotopic (exact) mass is 459 g/mol. The largest absolute Gasteiger partial charge is 1.00 e. The molecular weight excluding hydrogens is 439 g/mol. The number of hydrogen-bond donors (Lipinski definition) is 0. The molecule has 0 amide bonds. The molecule has 16 heteroatoms. The van der Waals surface area contributed by atoms with Gasteiger partial charge < -0.3 is 49.5 Å². The summed E-state index contributed by atoms with van der Waals surface area (Å²) in [5, 5.41) is 53.3. The van der Waals surface area contributed by atoms with Crippen molar-refractivity contribution in [3.8, 4) is 0 Å². The van der Waals surface area contributed by atoms with Crippen LogP contribution in [0.4, 0.5) is 0 Å². The van der Waals surface area contributed by atoms with E-state index in [0.29, 0.717) is 0 Å². The van der Waals surface area contributed by atoms with E-state index < -0.39 is 62.6 Å². The molecule has 0 atom stereocenters. The van der Waals surface area contributed by atoms with Crippen LogP contribution in [-0.4, -0.2) is 103 Å². The van der Waals surface area contributed by atoms with Crippen LogP contribution < -0.4 is 114 Å². The van der Waals surface area contributed by atoms with Crippen molar-refractivity contribution in [1.29, 1.82) is 0 Å². The molecule has 0 unspecified atom stereocenters. The number of carbonyl (C=O) groups is 5. The Labute approximate surface area is 242 Å². The van der Waals surface area contributed by atoms with Crippen LogP contribution in [0.3, 0.4) is 0 Å². The molecule has 0 fully saturated rings. The van der Waals surface area contributed by atoms with E-state index in [-0.39, 0.29) is 118 Å². The molecule has 0 spiro atoms. The summed E-state index contributed by atoms with van der Waals surface area (Å²) in [7, 11) is 0. The maximum absolute atomic E-state index is 10.8. The zero-order valence-electron chi connectivity index (χ0n) is 19.3. The van der Waals surface area contributed by atoms with Crippen molar-refractivity contribution < 1.29 is 141 Å². The number of hydrogen-bond acceptors (Lipinski definition) is 13. The van der Waals surface area contributed by atoms with Crippen molar-refractivity contribution in [2.75, 3.05) is 58.9 Å². The molecule has 0 aromatic carbocycles. The Morgan fingerprint density at radius 2 is 0.600 bits per heavy atom. The molecule has 154 valence electrons. The summed E-state index contributed by atoms with van der Waals surface area (Å²) in [4.78, 5) is 56.4. The molecular formula is C14H20N3Na3O10. The second-order valence-electron chi connectivity index (χ2n) is 5.56. The second-order valence-corrected chi connectivity index (χ2v) is 5.56. The fourth-order valence-corrected chi connectivity index (χ4v) is 2.18. The fraction of sp³-hybridized carbons (Fsp3) is 0.643. The topological polar surface area (TPSA) is 210 Å². The molecule has 13 nitrogen and oxygen atoms in total. The molecule has 0 bridgehead atoms. The molecule has 0 rings (SSSR count). The Bertz CT molecular complexity index is 506. The molecule has 0 N–H and O–H groups in total. The van der Waals surface area contributed by atoms with Gasteiger partial charge in [0.25, 0.3) is 0 Å². The SMILES string of the molecule is O=C([O-])CN(CCN(CC(=O)[O-])CC(=O)[O-])CCN(CC(=O)[O-])CC(=O)[O-].[H+].[H+].[Na+].[Na+].[Na+]. The van der Waals surface area contributed by atoms with Crippen molar-refractivity contribution in [3.05, 3.63) is 0 Å². The van der Waals surface area contributed by atoms with E-state index in [9.17, 15) is 49.5 Å². The van der Waals surface area contributed by atoms with Crippen LogP contribution in [-0.2, 0) is 24.0 Å². The van der Waals surface area contributed by atoms with Crippen molar-refractivity contribution in [1.82, 2.24) is 14.7 Å². The summed E-state index contributed by atoms with van der Waals surface area (Å²) in [5.41, 5.74) is 0. The Balaban J connectivity index is -0.000000338. The maximum atomic E-state index is 10.8. The Morgan fingerprint density at radius 1 is 0.433 bits per heavy atom. The summed E-state index contributed by atoms with van der Waals surface area (Å²) >= 11 is 0. The summed E-state index contributed by atoms with van der Waals surface area (Å²) in [5.74, 6) is -7.67. The minimum Gasteiger partial charge on any atom is -0.549 e. The Kier molecular flexibility index (Phi) is 26.4. The van der Waals surface area contributed by atoms with Gasteiger partial charge in [0.15, 0.2) is 0 Å². The van der Waals surface area contributed by atoms with Crippen LogP contribution in [0.15, 0.2) is 0 Å². The number of carboxylic acid groups (broad SMARTS) is 5. The predicted octanol–water partition coefficient (Wildman–Crippen LogP) is -18.1. The van der Waals surface area contributed by atoms with Gasteiger partial charge in [0.2, 0.25) is 0 Å². The molecule has 0 saturated heterocycles. The van der Waals surface area contributed by atoms with Gasteiger partial charge >= 0.3 is 91.5 Å². The van der Waals surface area contributed by atoms with Gasteiger partial charge in [0.05, 0.1) is 29.8 Å². The fourth-order valence-electron chi connectivity index (χ4n) is 2.18. The maximum Gasteiger partial charge on any atom is 1.00 e. The molecule has 30 heavy (non-hydrogen) atoms. The number of carbonyl (C=O) groups excluding carboxylic acids is 5. The summed E-state index contributed by atoms with van der Waals surface area (Å²) in [6.07, 6.45) is 0. The van der Waals surface area contributed by atoms with E-state index in [2.05, 4.69) is 0 Å². The summed E-state index contributed by atoms with van der Waals surface area (Å²) < 4.78 is 0. The average molecular weight is 459 g/mol. The zero-order valence-corrected chi connectivity index (χ0v) is 23.3. The number of carboxylic acids is 5. The number of nitrogens with zero attached hydrogens (tertiary/aromatic N) is 3. The molecule has 0 aliphatic heterocycles. The molecule has 0 radical (unpaired) electrons. The van der Waals surface area contributed by atoms with Gasteiger partial charge in [-0.2, -0.15) is 0 Å². The number of rotatable bonds is 16. The Hall–Kier alpha value is 0.230. The first-order valence-electron chi connectivity index (χ1n) is 7.66. The first kappa shape index (κ1) is 37.5. The van der Waals surface area contributed by atoms with E-state index in [1.165, 1.54) is 4.90 Å². The van der Waals surface area contributed by atoms with Gasteiger partial charge in [-0.25, -0.2) is 0 Å². The van der Waals surface area contributed by atoms with Gasteiger partial charge in [0, 0.05) is 58.9 Å². The van der Waals surface area contributed by atoms with E-state index in [1.54, 1.807) is 0 Å². The molecule has 0 aliphatic carbocycles. The summed E-state index contributed by atoms with van der Waals surface area (Å²) in [6.45, 7) is -4.16. The van der Waals surface area contributed by atoms with Crippen LogP contribution >= 0.6 is 0 Å². The Morgan fingerprint density at radius 3 is 0.800 bits per heavy atom. The standard InChI is InChI=1S/C14H23N3O10.3Na/c18-10(19)5-15(1-3-16(6-11(20)21)7-12(22)23)2-4-17(8-13(24)25)9-14(26)27;;;/h1-9H2,(H,18,19)(H,20,21)(H,22,23)(H,24,25)(H,26,27);;;/q;3*+1/p-3. The minimum absolute atomic E-state index is 0. The molecule has 0 saturated carbocycles. The first-order valence-corrected chi connectivity index (χ1v) is 7.66. The third-order valence-corrected chi connectivity index (χ3v) is 3.23. The second kappa shape index (κ2) is 21.1. The molecule has 0 heterocycles. The van der Waals surface area contributed by atoms with Crippen LogP contribution in [0.25, 0.3) is 0 Å². The van der Waals surface area contributed by atoms with Gasteiger partial charge in [-0.1, -0.05) is 0 Å². The van der Waals surface area contributed by atoms with E-state index >= 15 is 0 Å². The first-order chi connectivity index (χ1) is 12.5. The van der Waals surface area contributed by atoms with Crippen LogP contribution in [0.2, 0.25) is 0 Å². The quantitative estimate of drug-likeness (QED) is 0.196. The van der Waals surface area contributed by atoms with Gasteiger partial charge in [-0.15, -0.1) is 0 Å².